The van der Waals surface area contributed by atoms with E-state index in [0.29, 0.717) is 6.54 Å². The molecule has 1 aromatic rings. The quantitative estimate of drug-likeness (QED) is 0.659. The molecule has 2 rings (SSSR count). The second-order valence-corrected chi connectivity index (χ2v) is 4.69. The summed E-state index contributed by atoms with van der Waals surface area (Å²) in [7, 11) is 1.60. The van der Waals surface area contributed by atoms with Crippen molar-refractivity contribution in [2.45, 2.75) is 25.3 Å². The number of rotatable bonds is 7. The normalized spacial score (nSPS) is 13.9. The molecule has 3 N–H and O–H groups in total. The summed E-state index contributed by atoms with van der Waals surface area (Å²) in [6.45, 7) is 1.64. The van der Waals surface area contributed by atoms with Crippen LogP contribution in [0.2, 0.25) is 0 Å². The zero-order valence-corrected chi connectivity index (χ0v) is 11.2. The maximum absolute atomic E-state index is 11.6. The second-order valence-electron chi connectivity index (χ2n) is 4.69. The van der Waals surface area contributed by atoms with Gasteiger partial charge >= 0.3 is 6.03 Å². The molecule has 0 aromatic heterocycles. The minimum Gasteiger partial charge on any atom is -0.497 e. The lowest BCUT2D eigenvalue weighted by Gasteiger charge is -2.09. The number of urea groups is 1. The number of ether oxygens (including phenoxy) is 1. The lowest BCUT2D eigenvalue weighted by Crippen LogP contribution is -2.31. The second kappa shape index (κ2) is 6.99. The minimum absolute atomic E-state index is 0.181. The zero-order chi connectivity index (χ0) is 13.5. The van der Waals surface area contributed by atoms with E-state index in [-0.39, 0.29) is 6.03 Å². The molecule has 1 saturated carbocycles. The third kappa shape index (κ3) is 5.18. The third-order valence-corrected chi connectivity index (χ3v) is 2.98. The first-order valence-electron chi connectivity index (χ1n) is 6.70. The first kappa shape index (κ1) is 13.7. The average molecular weight is 263 g/mol. The van der Waals surface area contributed by atoms with E-state index in [0.717, 1.165) is 30.4 Å². The van der Waals surface area contributed by atoms with Crippen molar-refractivity contribution in [3.63, 3.8) is 0 Å². The monoisotopic (exact) mass is 263 g/mol. The van der Waals surface area contributed by atoms with Gasteiger partial charge in [-0.2, -0.15) is 0 Å². The fraction of sp³-hybridized carbons (Fsp3) is 0.500. The molecule has 1 aromatic carbocycles. The Labute approximate surface area is 113 Å². The van der Waals surface area contributed by atoms with Crippen LogP contribution in [0.5, 0.6) is 5.75 Å². The van der Waals surface area contributed by atoms with Gasteiger partial charge in [0.25, 0.3) is 0 Å². The third-order valence-electron chi connectivity index (χ3n) is 2.98. The van der Waals surface area contributed by atoms with E-state index >= 15 is 0 Å². The van der Waals surface area contributed by atoms with Crippen LogP contribution in [0.4, 0.5) is 10.5 Å². The highest BCUT2D eigenvalue weighted by Crippen LogP contribution is 2.18. The Morgan fingerprint density at radius 1 is 1.37 bits per heavy atom. The molecule has 0 saturated heterocycles. The van der Waals surface area contributed by atoms with Gasteiger partial charge < -0.3 is 20.7 Å². The molecule has 5 nitrogen and oxygen atoms in total. The highest BCUT2D eigenvalue weighted by atomic mass is 16.5. The molecule has 1 aliphatic carbocycles. The van der Waals surface area contributed by atoms with Crippen molar-refractivity contribution >= 4 is 11.7 Å². The molecular weight excluding hydrogens is 242 g/mol. The van der Waals surface area contributed by atoms with E-state index in [4.69, 9.17) is 4.74 Å². The largest absolute Gasteiger partial charge is 0.497 e. The van der Waals surface area contributed by atoms with Crippen LogP contribution in [0.1, 0.15) is 19.3 Å². The van der Waals surface area contributed by atoms with Crippen LogP contribution in [0.15, 0.2) is 24.3 Å². The van der Waals surface area contributed by atoms with Crippen molar-refractivity contribution in [2.75, 3.05) is 25.5 Å². The van der Waals surface area contributed by atoms with Gasteiger partial charge in [0, 0.05) is 24.3 Å². The van der Waals surface area contributed by atoms with Crippen molar-refractivity contribution < 1.29 is 9.53 Å². The van der Waals surface area contributed by atoms with Crippen molar-refractivity contribution in [3.05, 3.63) is 24.3 Å². The number of anilines is 1. The van der Waals surface area contributed by atoms with Gasteiger partial charge in [-0.3, -0.25) is 0 Å². The summed E-state index contributed by atoms with van der Waals surface area (Å²) < 4.78 is 5.10. The van der Waals surface area contributed by atoms with Crippen molar-refractivity contribution in [1.82, 2.24) is 10.6 Å². The van der Waals surface area contributed by atoms with E-state index < -0.39 is 0 Å². The smallest absolute Gasteiger partial charge is 0.319 e. The van der Waals surface area contributed by atoms with Gasteiger partial charge in [0.15, 0.2) is 0 Å². The Balaban J connectivity index is 1.62. The van der Waals surface area contributed by atoms with Crippen molar-refractivity contribution in [2.24, 2.45) is 0 Å². The Hall–Kier alpha value is -1.75. The molecular formula is C14H21N3O2. The van der Waals surface area contributed by atoms with E-state index in [9.17, 15) is 4.79 Å². The molecule has 1 aliphatic rings. The summed E-state index contributed by atoms with van der Waals surface area (Å²) in [4.78, 5) is 11.6. The summed E-state index contributed by atoms with van der Waals surface area (Å²) in [5.74, 6) is 0.728. The molecule has 0 aliphatic heterocycles. The summed E-state index contributed by atoms with van der Waals surface area (Å²) in [6.07, 6.45) is 3.54. The topological polar surface area (TPSA) is 62.4 Å². The van der Waals surface area contributed by atoms with Crippen LogP contribution >= 0.6 is 0 Å². The van der Waals surface area contributed by atoms with Gasteiger partial charge in [-0.1, -0.05) is 6.07 Å². The summed E-state index contributed by atoms with van der Waals surface area (Å²) in [5.41, 5.74) is 0.730. The number of nitrogens with one attached hydrogen (secondary N) is 3. The lowest BCUT2D eigenvalue weighted by atomic mass is 10.3. The van der Waals surface area contributed by atoms with Crippen LogP contribution in [0.3, 0.4) is 0 Å². The number of benzene rings is 1. The van der Waals surface area contributed by atoms with Crippen LogP contribution < -0.4 is 20.7 Å². The number of carbonyl (C=O) groups is 1. The number of carbonyl (C=O) groups excluding carboxylic acids is 1. The molecule has 1 fully saturated rings. The van der Waals surface area contributed by atoms with Gasteiger partial charge in [-0.25, -0.2) is 4.79 Å². The number of methoxy groups -OCH3 is 1. The highest BCUT2D eigenvalue weighted by molar-refractivity contribution is 5.89. The van der Waals surface area contributed by atoms with Gasteiger partial charge in [0.1, 0.15) is 5.75 Å². The fourth-order valence-corrected chi connectivity index (χ4v) is 1.76. The van der Waals surface area contributed by atoms with Crippen LogP contribution in [-0.4, -0.2) is 32.3 Å². The molecule has 5 heteroatoms. The van der Waals surface area contributed by atoms with Gasteiger partial charge in [0.2, 0.25) is 0 Å². The molecule has 2 amide bonds. The van der Waals surface area contributed by atoms with E-state index in [1.165, 1.54) is 12.8 Å². The number of hydrogen-bond donors (Lipinski definition) is 3. The van der Waals surface area contributed by atoms with Crippen molar-refractivity contribution in [3.8, 4) is 5.75 Å². The van der Waals surface area contributed by atoms with Crippen LogP contribution in [0.25, 0.3) is 0 Å². The van der Waals surface area contributed by atoms with E-state index in [2.05, 4.69) is 16.0 Å². The van der Waals surface area contributed by atoms with Crippen LogP contribution in [0, 0.1) is 0 Å². The predicted molar refractivity (Wildman–Crippen MR) is 75.7 cm³/mol. The van der Waals surface area contributed by atoms with Gasteiger partial charge in [-0.15, -0.1) is 0 Å². The molecule has 0 bridgehead atoms. The Bertz CT molecular complexity index is 419. The standard InChI is InChI=1S/C14H21N3O2/c1-19-13-5-2-4-12(10-13)17-14(18)16-9-3-8-15-11-6-7-11/h2,4-5,10-11,15H,3,6-9H2,1H3,(H2,16,17,18). The maximum Gasteiger partial charge on any atom is 0.319 e. The van der Waals surface area contributed by atoms with Gasteiger partial charge in [-0.05, 0) is 37.9 Å². The number of hydrogen-bond acceptors (Lipinski definition) is 3. The fourth-order valence-electron chi connectivity index (χ4n) is 1.76. The highest BCUT2D eigenvalue weighted by Gasteiger charge is 2.19. The first-order valence-corrected chi connectivity index (χ1v) is 6.70. The molecule has 0 spiro atoms. The molecule has 0 atom stereocenters. The zero-order valence-electron chi connectivity index (χ0n) is 11.2. The molecule has 0 heterocycles. The lowest BCUT2D eigenvalue weighted by molar-refractivity contribution is 0.252. The average Bonchev–Trinajstić information content (AvgIpc) is 3.22. The van der Waals surface area contributed by atoms with E-state index in [1.54, 1.807) is 13.2 Å². The molecule has 0 unspecified atom stereocenters. The Kier molecular flexibility index (Phi) is 5.03. The maximum atomic E-state index is 11.6. The SMILES string of the molecule is COc1cccc(NC(=O)NCCCNC2CC2)c1. The molecule has 0 radical (unpaired) electrons. The van der Waals surface area contributed by atoms with E-state index in [1.807, 2.05) is 18.2 Å². The Morgan fingerprint density at radius 2 is 2.21 bits per heavy atom. The molecule has 104 valence electrons. The first-order chi connectivity index (χ1) is 9.28. The van der Waals surface area contributed by atoms with Crippen LogP contribution in [-0.2, 0) is 0 Å². The predicted octanol–water partition coefficient (Wildman–Crippen LogP) is 1.96. The molecule has 19 heavy (non-hydrogen) atoms. The summed E-state index contributed by atoms with van der Waals surface area (Å²) in [5, 5.41) is 9.02. The Morgan fingerprint density at radius 3 is 2.95 bits per heavy atom. The number of amides is 2. The van der Waals surface area contributed by atoms with Crippen molar-refractivity contribution in [1.29, 1.82) is 0 Å². The minimum atomic E-state index is -0.181. The van der Waals surface area contributed by atoms with Gasteiger partial charge in [0.05, 0.1) is 7.11 Å². The summed E-state index contributed by atoms with van der Waals surface area (Å²) >= 11 is 0. The summed E-state index contributed by atoms with van der Waals surface area (Å²) in [6, 6.07) is 7.84.